The van der Waals surface area contributed by atoms with Crippen molar-refractivity contribution in [1.29, 1.82) is 0 Å². The van der Waals surface area contributed by atoms with Crippen LogP contribution >= 0.6 is 22.9 Å². The highest BCUT2D eigenvalue weighted by Gasteiger charge is 2.40. The highest BCUT2D eigenvalue weighted by Crippen LogP contribution is 2.39. The smallest absolute Gasteiger partial charge is 0.304 e. The second-order valence-electron chi connectivity index (χ2n) is 8.30. The lowest BCUT2D eigenvalue weighted by Crippen LogP contribution is -2.45. The van der Waals surface area contributed by atoms with Crippen LogP contribution in [-0.4, -0.2) is 41.7 Å². The first-order chi connectivity index (χ1) is 15.0. The minimum Gasteiger partial charge on any atom is -0.481 e. The highest BCUT2D eigenvalue weighted by atomic mass is 35.5. The molecule has 1 aromatic heterocycles. The van der Waals surface area contributed by atoms with E-state index >= 15 is 0 Å². The first kappa shape index (κ1) is 22.2. The summed E-state index contributed by atoms with van der Waals surface area (Å²) in [5.41, 5.74) is 1.56. The molecule has 8 heteroatoms. The van der Waals surface area contributed by atoms with Crippen molar-refractivity contribution in [3.05, 3.63) is 34.7 Å². The molecule has 2 aromatic rings. The lowest BCUT2D eigenvalue weighted by atomic mass is 9.72. The van der Waals surface area contributed by atoms with Crippen molar-refractivity contribution < 1.29 is 19.4 Å². The van der Waals surface area contributed by atoms with Crippen LogP contribution in [0.15, 0.2) is 29.6 Å². The van der Waals surface area contributed by atoms with Crippen LogP contribution in [0.1, 0.15) is 38.5 Å². The van der Waals surface area contributed by atoms with Gasteiger partial charge in [0.25, 0.3) is 0 Å². The van der Waals surface area contributed by atoms with Gasteiger partial charge in [0.15, 0.2) is 5.13 Å². The molecule has 0 bridgehead atoms. The molecule has 1 amide bonds. The van der Waals surface area contributed by atoms with Crippen LogP contribution in [0.5, 0.6) is 0 Å². The number of rotatable bonds is 5. The van der Waals surface area contributed by atoms with Gasteiger partial charge in [-0.25, -0.2) is 4.98 Å². The lowest BCUT2D eigenvalue weighted by Gasteiger charge is -2.38. The van der Waals surface area contributed by atoms with Crippen LogP contribution in [0.4, 0.5) is 5.13 Å². The Balaban J connectivity index is 1.62. The molecule has 0 radical (unpaired) electrons. The lowest BCUT2D eigenvalue weighted by molar-refractivity contribution is -0.142. The number of carboxylic acids is 1. The predicted octanol–water partition coefficient (Wildman–Crippen LogP) is 5.11. The average molecular weight is 463 g/mol. The fourth-order valence-corrected chi connectivity index (χ4v) is 5.94. The van der Waals surface area contributed by atoms with Crippen molar-refractivity contribution in [2.75, 3.05) is 24.7 Å². The Morgan fingerprint density at radius 3 is 2.74 bits per heavy atom. The molecule has 2 atom stereocenters. The van der Waals surface area contributed by atoms with Gasteiger partial charge >= 0.3 is 5.97 Å². The molecule has 31 heavy (non-hydrogen) atoms. The third-order valence-corrected chi connectivity index (χ3v) is 7.60. The minimum atomic E-state index is -0.924. The number of aromatic nitrogens is 1. The maximum absolute atomic E-state index is 13.7. The summed E-state index contributed by atoms with van der Waals surface area (Å²) in [5, 5.41) is 12.7. The third-order valence-electron chi connectivity index (χ3n) is 6.41. The normalized spacial score (nSPS) is 23.4. The van der Waals surface area contributed by atoms with Crippen molar-refractivity contribution in [3.63, 3.8) is 0 Å². The number of carboxylic acid groups (broad SMARTS) is 1. The van der Waals surface area contributed by atoms with Gasteiger partial charge in [0.2, 0.25) is 5.91 Å². The number of amides is 1. The number of benzene rings is 1. The SMILES string of the molecule is O=C(O)C[C@@H]1C(=O)N(c2nc(-c3ccccc3Cl)cs2)CCCC[C@@H]1C1CCOCC1. The number of ether oxygens (including phenoxy) is 1. The zero-order valence-corrected chi connectivity index (χ0v) is 18.9. The highest BCUT2D eigenvalue weighted by molar-refractivity contribution is 7.14. The van der Waals surface area contributed by atoms with E-state index in [0.29, 0.717) is 35.8 Å². The van der Waals surface area contributed by atoms with Crippen LogP contribution in [0.3, 0.4) is 0 Å². The predicted molar refractivity (Wildman–Crippen MR) is 122 cm³/mol. The van der Waals surface area contributed by atoms with Crippen LogP contribution < -0.4 is 4.90 Å². The Morgan fingerprint density at radius 1 is 1.23 bits per heavy atom. The van der Waals surface area contributed by atoms with Gasteiger partial charge in [0.1, 0.15) is 0 Å². The monoisotopic (exact) mass is 462 g/mol. The first-order valence-corrected chi connectivity index (χ1v) is 12.1. The minimum absolute atomic E-state index is 0.0679. The fourth-order valence-electron chi connectivity index (χ4n) is 4.85. The summed E-state index contributed by atoms with van der Waals surface area (Å²) in [4.78, 5) is 31.8. The Labute approximate surface area is 191 Å². The number of hydrogen-bond acceptors (Lipinski definition) is 5. The van der Waals surface area contributed by atoms with Gasteiger partial charge in [-0.1, -0.05) is 36.2 Å². The summed E-state index contributed by atoms with van der Waals surface area (Å²) < 4.78 is 5.50. The summed E-state index contributed by atoms with van der Waals surface area (Å²) in [6, 6.07) is 7.50. The van der Waals surface area contributed by atoms with Crippen LogP contribution in [0.25, 0.3) is 11.3 Å². The van der Waals surface area contributed by atoms with Gasteiger partial charge < -0.3 is 9.84 Å². The summed E-state index contributed by atoms with van der Waals surface area (Å²) in [6.07, 6.45) is 4.39. The average Bonchev–Trinajstić information content (AvgIpc) is 3.24. The maximum Gasteiger partial charge on any atom is 0.304 e. The number of thiazole rings is 1. The van der Waals surface area contributed by atoms with Crippen LogP contribution in [-0.2, 0) is 14.3 Å². The Hall–Kier alpha value is -1.96. The van der Waals surface area contributed by atoms with E-state index in [1.807, 2.05) is 29.6 Å². The molecule has 0 saturated carbocycles. The standard InChI is InChI=1S/C23H27ClN2O4S/c24-19-7-2-1-6-17(19)20-14-31-23(25-20)26-10-4-3-5-16(15-8-11-30-12-9-15)18(22(26)29)13-21(27)28/h1-2,6-7,14-16,18H,3-5,8-13H2,(H,27,28)/t16-,18+/m1/s1. The molecule has 0 unspecified atom stereocenters. The van der Waals surface area contributed by atoms with Gasteiger partial charge in [0.05, 0.1) is 18.0 Å². The molecule has 1 aromatic carbocycles. The zero-order chi connectivity index (χ0) is 21.8. The van der Waals surface area contributed by atoms with Gasteiger partial charge in [0, 0.05) is 35.7 Å². The van der Waals surface area contributed by atoms with E-state index < -0.39 is 11.9 Å². The van der Waals surface area contributed by atoms with Crippen molar-refractivity contribution >= 4 is 39.9 Å². The van der Waals surface area contributed by atoms with Gasteiger partial charge in [-0.3, -0.25) is 14.5 Å². The molecule has 2 saturated heterocycles. The van der Waals surface area contributed by atoms with Crippen molar-refractivity contribution in [2.24, 2.45) is 17.8 Å². The number of nitrogens with zero attached hydrogens (tertiary/aromatic N) is 2. The molecule has 0 aliphatic carbocycles. The van der Waals surface area contributed by atoms with Crippen LogP contribution in [0.2, 0.25) is 5.02 Å². The van der Waals surface area contributed by atoms with E-state index in [9.17, 15) is 14.7 Å². The maximum atomic E-state index is 13.7. The molecular formula is C23H27ClN2O4S. The van der Waals surface area contributed by atoms with Crippen molar-refractivity contribution in [3.8, 4) is 11.3 Å². The third kappa shape index (κ3) is 5.10. The molecule has 3 heterocycles. The van der Waals surface area contributed by atoms with E-state index in [2.05, 4.69) is 0 Å². The number of aliphatic carboxylic acids is 1. The Morgan fingerprint density at radius 2 is 2.00 bits per heavy atom. The molecule has 166 valence electrons. The molecule has 2 fully saturated rings. The molecule has 6 nitrogen and oxygen atoms in total. The summed E-state index contributed by atoms with van der Waals surface area (Å²) in [5.74, 6) is -1.17. The van der Waals surface area contributed by atoms with E-state index in [-0.39, 0.29) is 18.2 Å². The number of carbonyl (C=O) groups excluding carboxylic acids is 1. The van der Waals surface area contributed by atoms with Crippen molar-refractivity contribution in [1.82, 2.24) is 4.98 Å². The van der Waals surface area contributed by atoms with Gasteiger partial charge in [-0.05, 0) is 43.6 Å². The topological polar surface area (TPSA) is 79.7 Å². The molecule has 2 aliphatic rings. The van der Waals surface area contributed by atoms with E-state index in [1.165, 1.54) is 11.3 Å². The molecule has 4 rings (SSSR count). The summed E-state index contributed by atoms with van der Waals surface area (Å²) >= 11 is 7.73. The Bertz CT molecular complexity index is 928. The summed E-state index contributed by atoms with van der Waals surface area (Å²) in [6.45, 7) is 1.93. The fraction of sp³-hybridized carbons (Fsp3) is 0.522. The number of hydrogen-bond donors (Lipinski definition) is 1. The first-order valence-electron chi connectivity index (χ1n) is 10.9. The zero-order valence-electron chi connectivity index (χ0n) is 17.3. The quantitative estimate of drug-likeness (QED) is 0.667. The molecule has 2 aliphatic heterocycles. The second kappa shape index (κ2) is 10.1. The van der Waals surface area contributed by atoms with Crippen molar-refractivity contribution in [2.45, 2.75) is 38.5 Å². The van der Waals surface area contributed by atoms with E-state index in [0.717, 1.165) is 43.4 Å². The van der Waals surface area contributed by atoms with Gasteiger partial charge in [-0.15, -0.1) is 11.3 Å². The van der Waals surface area contributed by atoms with Gasteiger partial charge in [-0.2, -0.15) is 0 Å². The van der Waals surface area contributed by atoms with E-state index in [1.54, 1.807) is 4.90 Å². The number of anilines is 1. The Kier molecular flexibility index (Phi) is 7.25. The molecule has 1 N–H and O–H groups in total. The number of halogens is 1. The molecule has 0 spiro atoms. The second-order valence-corrected chi connectivity index (χ2v) is 9.54. The van der Waals surface area contributed by atoms with Crippen LogP contribution in [0, 0.1) is 17.8 Å². The summed E-state index contributed by atoms with van der Waals surface area (Å²) in [7, 11) is 0. The number of carbonyl (C=O) groups is 2. The van der Waals surface area contributed by atoms with E-state index in [4.69, 9.17) is 21.3 Å². The molecular weight excluding hydrogens is 436 g/mol. The largest absolute Gasteiger partial charge is 0.481 e.